The molecule has 0 saturated carbocycles. The Morgan fingerprint density at radius 3 is 2.74 bits per heavy atom. The van der Waals surface area contributed by atoms with Crippen molar-refractivity contribution in [2.24, 2.45) is 5.73 Å². The van der Waals surface area contributed by atoms with Crippen LogP contribution in [0.5, 0.6) is 0 Å². The highest BCUT2D eigenvalue weighted by atomic mass is 35.5. The molecule has 1 aromatic heterocycles. The lowest BCUT2D eigenvalue weighted by molar-refractivity contribution is 0.420. The largest absolute Gasteiger partial charge is 0.384 e. The van der Waals surface area contributed by atoms with E-state index in [0.29, 0.717) is 33.4 Å². The van der Waals surface area contributed by atoms with E-state index in [2.05, 4.69) is 11.2 Å². The van der Waals surface area contributed by atoms with Crippen LogP contribution in [0.1, 0.15) is 22.7 Å². The fraction of sp³-hybridized carbons (Fsp3) is 0.100. The summed E-state index contributed by atoms with van der Waals surface area (Å²) in [4.78, 5) is 1.51. The smallest absolute Gasteiger partial charge is 0.241 e. The van der Waals surface area contributed by atoms with Crippen molar-refractivity contribution in [3.63, 3.8) is 0 Å². The molecule has 0 aliphatic carbocycles. The van der Waals surface area contributed by atoms with Crippen molar-refractivity contribution >= 4 is 23.2 Å². The Kier molecular flexibility index (Phi) is 4.09. The maximum absolute atomic E-state index is 13.8. The van der Waals surface area contributed by atoms with Crippen LogP contribution in [0.4, 0.5) is 16.0 Å². The zero-order valence-corrected chi connectivity index (χ0v) is 15.0. The van der Waals surface area contributed by atoms with Crippen LogP contribution in [0, 0.1) is 24.1 Å². The number of aromatic nitrogens is 1. The van der Waals surface area contributed by atoms with E-state index in [9.17, 15) is 9.65 Å². The first-order valence-corrected chi connectivity index (χ1v) is 8.56. The average molecular weight is 381 g/mol. The molecular formula is C20H14ClFN4O. The molecule has 0 amide bonds. The van der Waals surface area contributed by atoms with E-state index < -0.39 is 11.7 Å². The molecule has 7 heteroatoms. The second-order valence-electron chi connectivity index (χ2n) is 6.20. The summed E-state index contributed by atoms with van der Waals surface area (Å²) in [6.45, 7) is 1.79. The number of benzene rings is 2. The lowest BCUT2D eigenvalue weighted by atomic mass is 9.82. The van der Waals surface area contributed by atoms with Gasteiger partial charge < -0.3 is 10.3 Å². The highest BCUT2D eigenvalue weighted by Gasteiger charge is 2.38. The number of halogens is 2. The molecule has 0 radical (unpaired) electrons. The highest BCUT2D eigenvalue weighted by Crippen LogP contribution is 2.47. The number of rotatable bonds is 2. The van der Waals surface area contributed by atoms with Gasteiger partial charge in [0.25, 0.3) is 0 Å². The number of hydrogen-bond donors (Lipinski definition) is 1. The van der Waals surface area contributed by atoms with E-state index in [1.165, 1.54) is 17.0 Å². The minimum absolute atomic E-state index is 0.164. The zero-order chi connectivity index (χ0) is 19.1. The summed E-state index contributed by atoms with van der Waals surface area (Å²) in [6.07, 6.45) is 0. The molecule has 0 unspecified atom stereocenters. The van der Waals surface area contributed by atoms with Crippen molar-refractivity contribution in [1.29, 1.82) is 5.26 Å². The van der Waals surface area contributed by atoms with Gasteiger partial charge in [0, 0.05) is 5.02 Å². The lowest BCUT2D eigenvalue weighted by Crippen LogP contribution is -2.31. The minimum Gasteiger partial charge on any atom is -0.384 e. The Bertz CT molecular complexity index is 1120. The third-order valence-corrected chi connectivity index (χ3v) is 4.79. The Hall–Kier alpha value is -3.30. The van der Waals surface area contributed by atoms with Crippen LogP contribution in [0.2, 0.25) is 5.02 Å². The molecule has 4 rings (SSSR count). The second kappa shape index (κ2) is 6.45. The first-order valence-electron chi connectivity index (χ1n) is 8.18. The Morgan fingerprint density at radius 1 is 1.26 bits per heavy atom. The Morgan fingerprint density at radius 2 is 2.04 bits per heavy atom. The Balaban J connectivity index is 1.99. The number of aryl methyl sites for hydroxylation is 1. The van der Waals surface area contributed by atoms with Crippen molar-refractivity contribution in [3.05, 3.63) is 87.6 Å². The van der Waals surface area contributed by atoms with Crippen LogP contribution in [-0.2, 0) is 0 Å². The van der Waals surface area contributed by atoms with Gasteiger partial charge in [0.1, 0.15) is 11.6 Å². The van der Waals surface area contributed by atoms with Crippen LogP contribution in [0.25, 0.3) is 0 Å². The summed E-state index contributed by atoms with van der Waals surface area (Å²) >= 11 is 6.15. The first-order chi connectivity index (χ1) is 13.0. The van der Waals surface area contributed by atoms with Crippen molar-refractivity contribution < 1.29 is 8.91 Å². The molecule has 0 saturated heterocycles. The topological polar surface area (TPSA) is 79.1 Å². The molecule has 134 valence electrons. The van der Waals surface area contributed by atoms with Gasteiger partial charge in [-0.1, -0.05) is 35.0 Å². The summed E-state index contributed by atoms with van der Waals surface area (Å²) < 4.78 is 19.3. The fourth-order valence-corrected chi connectivity index (χ4v) is 3.59. The molecule has 2 aromatic carbocycles. The predicted molar refractivity (Wildman–Crippen MR) is 99.9 cm³/mol. The standard InChI is InChI=1S/C20H14ClFN4O/c1-11-17-18(12-4-2-5-13(21)8-12)16(10-23)19(24)26(20(17)27-25-11)15-7-3-6-14(22)9-15/h2-9,18H,24H2,1H3/t18-/m1/s1. The molecule has 1 atom stereocenters. The van der Waals surface area contributed by atoms with Gasteiger partial charge in [0.15, 0.2) is 0 Å². The van der Waals surface area contributed by atoms with Gasteiger partial charge in [-0.3, -0.25) is 4.90 Å². The third kappa shape index (κ3) is 2.73. The third-order valence-electron chi connectivity index (χ3n) is 4.56. The van der Waals surface area contributed by atoms with Gasteiger partial charge in [0.05, 0.1) is 34.5 Å². The molecule has 1 aliphatic rings. The van der Waals surface area contributed by atoms with Crippen LogP contribution in [0.15, 0.2) is 64.4 Å². The molecule has 27 heavy (non-hydrogen) atoms. The number of hydrogen-bond acceptors (Lipinski definition) is 5. The van der Waals surface area contributed by atoms with Crippen molar-refractivity contribution in [2.75, 3.05) is 4.90 Å². The van der Waals surface area contributed by atoms with E-state index in [1.807, 2.05) is 12.1 Å². The SMILES string of the molecule is Cc1noc2c1[C@H](c1cccc(Cl)c1)C(C#N)=C(N)N2c1cccc(F)c1. The van der Waals surface area contributed by atoms with Gasteiger partial charge in [-0.15, -0.1) is 0 Å². The average Bonchev–Trinajstić information content (AvgIpc) is 3.01. The van der Waals surface area contributed by atoms with Crippen LogP contribution >= 0.6 is 11.6 Å². The summed E-state index contributed by atoms with van der Waals surface area (Å²) in [5.74, 6) is -0.371. The molecular weight excluding hydrogens is 367 g/mol. The first kappa shape index (κ1) is 17.1. The van der Waals surface area contributed by atoms with Crippen LogP contribution < -0.4 is 10.6 Å². The van der Waals surface area contributed by atoms with Gasteiger partial charge in [-0.2, -0.15) is 5.26 Å². The van der Waals surface area contributed by atoms with Crippen molar-refractivity contribution in [3.8, 4) is 6.07 Å². The van der Waals surface area contributed by atoms with Crippen LogP contribution in [0.3, 0.4) is 0 Å². The fourth-order valence-electron chi connectivity index (χ4n) is 3.39. The second-order valence-corrected chi connectivity index (χ2v) is 6.64. The van der Waals surface area contributed by atoms with E-state index in [1.54, 1.807) is 31.2 Å². The number of allylic oxidation sites excluding steroid dienone is 1. The van der Waals surface area contributed by atoms with Gasteiger partial charge in [0.2, 0.25) is 5.88 Å². The number of nitrogens with two attached hydrogens (primary N) is 1. The molecule has 0 bridgehead atoms. The van der Waals surface area contributed by atoms with E-state index >= 15 is 0 Å². The van der Waals surface area contributed by atoms with Crippen molar-refractivity contribution in [1.82, 2.24) is 5.16 Å². The van der Waals surface area contributed by atoms with Gasteiger partial charge >= 0.3 is 0 Å². The summed E-state index contributed by atoms with van der Waals surface area (Å²) in [5.41, 5.74) is 9.23. The molecule has 1 aliphatic heterocycles. The normalized spacial score (nSPS) is 16.2. The quantitative estimate of drug-likeness (QED) is 0.693. The molecule has 0 spiro atoms. The minimum atomic E-state index is -0.472. The molecule has 2 N–H and O–H groups in total. The number of nitrogens with zero attached hydrogens (tertiary/aromatic N) is 3. The molecule has 0 fully saturated rings. The maximum atomic E-state index is 13.8. The van der Waals surface area contributed by atoms with E-state index in [0.717, 1.165) is 5.56 Å². The molecule has 2 heterocycles. The Labute approximate surface area is 160 Å². The number of nitriles is 1. The van der Waals surface area contributed by atoms with Crippen LogP contribution in [-0.4, -0.2) is 5.16 Å². The summed E-state index contributed by atoms with van der Waals surface area (Å²) in [5, 5.41) is 14.5. The summed E-state index contributed by atoms with van der Waals surface area (Å²) in [6, 6.07) is 15.3. The van der Waals surface area contributed by atoms with Crippen molar-refractivity contribution in [2.45, 2.75) is 12.8 Å². The monoisotopic (exact) mass is 380 g/mol. The number of fused-ring (bicyclic) bond motifs is 1. The zero-order valence-electron chi connectivity index (χ0n) is 14.3. The predicted octanol–water partition coefficient (Wildman–Crippen LogP) is 4.75. The number of anilines is 2. The summed E-state index contributed by atoms with van der Waals surface area (Å²) in [7, 11) is 0. The van der Waals surface area contributed by atoms with E-state index in [-0.39, 0.29) is 5.82 Å². The molecule has 3 aromatic rings. The lowest BCUT2D eigenvalue weighted by Gasteiger charge is -2.32. The highest BCUT2D eigenvalue weighted by molar-refractivity contribution is 6.30. The van der Waals surface area contributed by atoms with Gasteiger partial charge in [-0.05, 0) is 42.8 Å². The molecule has 5 nitrogen and oxygen atoms in total. The maximum Gasteiger partial charge on any atom is 0.241 e. The van der Waals surface area contributed by atoms with E-state index in [4.69, 9.17) is 21.9 Å². The van der Waals surface area contributed by atoms with Gasteiger partial charge in [-0.25, -0.2) is 4.39 Å².